The van der Waals surface area contributed by atoms with Crippen molar-refractivity contribution in [3.8, 4) is 11.1 Å². The first-order valence-electron chi connectivity index (χ1n) is 17.2. The molecule has 0 bridgehead atoms. The van der Waals surface area contributed by atoms with Crippen LogP contribution in [-0.2, 0) is 0 Å². The molecule has 2 heterocycles. The van der Waals surface area contributed by atoms with E-state index in [0.29, 0.717) is 0 Å². The number of rotatable bonds is 4. The van der Waals surface area contributed by atoms with Gasteiger partial charge in [-0.1, -0.05) is 152 Å². The van der Waals surface area contributed by atoms with Crippen molar-refractivity contribution in [3.05, 3.63) is 193 Å². The zero-order valence-electron chi connectivity index (χ0n) is 27.3. The molecule has 1 aromatic heterocycles. The lowest BCUT2D eigenvalue weighted by molar-refractivity contribution is 0.670. The van der Waals surface area contributed by atoms with Crippen molar-refractivity contribution in [1.29, 1.82) is 0 Å². The first-order chi connectivity index (χ1) is 24.8. The van der Waals surface area contributed by atoms with Crippen LogP contribution < -0.4 is 0 Å². The van der Waals surface area contributed by atoms with Crippen LogP contribution in [0.2, 0.25) is 0 Å². The van der Waals surface area contributed by atoms with Crippen molar-refractivity contribution in [1.82, 2.24) is 0 Å². The molecule has 8 aromatic carbocycles. The van der Waals surface area contributed by atoms with Crippen LogP contribution in [0.5, 0.6) is 0 Å². The van der Waals surface area contributed by atoms with E-state index in [0.717, 1.165) is 62.0 Å². The Morgan fingerprint density at radius 3 is 1.70 bits per heavy atom. The van der Waals surface area contributed by atoms with E-state index >= 15 is 0 Å². The van der Waals surface area contributed by atoms with E-state index in [2.05, 4.69) is 170 Å². The van der Waals surface area contributed by atoms with Crippen LogP contribution in [0.15, 0.2) is 185 Å². The Morgan fingerprint density at radius 2 is 1.00 bits per heavy atom. The Balaban J connectivity index is 1.23. The number of benzene rings is 8. The highest BCUT2D eigenvalue weighted by Gasteiger charge is 2.21. The summed E-state index contributed by atoms with van der Waals surface area (Å²) in [5, 5.41) is 9.74. The largest absolute Gasteiger partial charge is 0.455 e. The summed E-state index contributed by atoms with van der Waals surface area (Å²) in [6, 6.07) is 58.3. The number of para-hydroxylation sites is 1. The van der Waals surface area contributed by atoms with Crippen molar-refractivity contribution in [2.24, 2.45) is 4.99 Å². The van der Waals surface area contributed by atoms with Gasteiger partial charge in [-0.25, -0.2) is 4.99 Å². The highest BCUT2D eigenvalue weighted by Crippen LogP contribution is 2.42. The van der Waals surface area contributed by atoms with E-state index < -0.39 is 0 Å². The zero-order valence-corrected chi connectivity index (χ0v) is 27.3. The topological polar surface area (TPSA) is 25.5 Å². The van der Waals surface area contributed by atoms with E-state index in [4.69, 9.17) is 9.41 Å². The van der Waals surface area contributed by atoms with Gasteiger partial charge >= 0.3 is 0 Å². The SMILES string of the molecule is C1=C(c2ccccc2)CC=C(c2ccccc2)N=C1c1ccc(-c2ccc3c4ccccc4c4ccccc4c3c2)c2oc3ccccc3c12. The molecule has 2 heteroatoms. The molecule has 0 fully saturated rings. The van der Waals surface area contributed by atoms with Gasteiger partial charge in [-0.2, -0.15) is 0 Å². The Bertz CT molecular complexity index is 2840. The first kappa shape index (κ1) is 28.5. The van der Waals surface area contributed by atoms with Crippen molar-refractivity contribution < 1.29 is 4.42 Å². The van der Waals surface area contributed by atoms with E-state index in [9.17, 15) is 0 Å². The lowest BCUT2D eigenvalue weighted by atomic mass is 9.90. The van der Waals surface area contributed by atoms with Gasteiger partial charge in [0, 0.05) is 21.9 Å². The average Bonchev–Trinajstić information content (AvgIpc) is 3.44. The van der Waals surface area contributed by atoms with Gasteiger partial charge in [0.1, 0.15) is 11.2 Å². The molecule has 0 saturated heterocycles. The molecule has 10 rings (SSSR count). The van der Waals surface area contributed by atoms with Gasteiger partial charge < -0.3 is 4.42 Å². The Hall–Kier alpha value is -6.51. The molecule has 9 aromatic rings. The number of furan rings is 1. The molecule has 50 heavy (non-hydrogen) atoms. The molecule has 0 spiro atoms. The second-order valence-electron chi connectivity index (χ2n) is 13.0. The van der Waals surface area contributed by atoms with Crippen LogP contribution in [0.3, 0.4) is 0 Å². The third-order valence-corrected chi connectivity index (χ3v) is 10.1. The predicted molar refractivity (Wildman–Crippen MR) is 212 cm³/mol. The number of aliphatic imine (C=N–C) groups is 1. The fraction of sp³-hybridized carbons (Fsp3) is 0.0208. The normalized spacial score (nSPS) is 13.5. The van der Waals surface area contributed by atoms with E-state index in [1.165, 1.54) is 43.5 Å². The van der Waals surface area contributed by atoms with Crippen LogP contribution in [-0.4, -0.2) is 5.71 Å². The van der Waals surface area contributed by atoms with Crippen molar-refractivity contribution in [2.45, 2.75) is 6.42 Å². The third-order valence-electron chi connectivity index (χ3n) is 10.1. The summed E-state index contributed by atoms with van der Waals surface area (Å²) in [4.78, 5) is 5.39. The number of allylic oxidation sites excluding steroid dienone is 3. The molecule has 0 amide bonds. The maximum absolute atomic E-state index is 6.80. The summed E-state index contributed by atoms with van der Waals surface area (Å²) in [6.07, 6.45) is 5.31. The van der Waals surface area contributed by atoms with Crippen molar-refractivity contribution in [3.63, 3.8) is 0 Å². The van der Waals surface area contributed by atoms with Crippen molar-refractivity contribution in [2.75, 3.05) is 0 Å². The molecule has 0 aliphatic carbocycles. The molecule has 0 saturated carbocycles. The summed E-state index contributed by atoms with van der Waals surface area (Å²) >= 11 is 0. The van der Waals surface area contributed by atoms with Gasteiger partial charge in [0.05, 0.1) is 11.4 Å². The van der Waals surface area contributed by atoms with Gasteiger partial charge in [0.25, 0.3) is 0 Å². The minimum absolute atomic E-state index is 0.786. The number of nitrogens with zero attached hydrogens (tertiary/aromatic N) is 1. The maximum atomic E-state index is 6.80. The summed E-state index contributed by atoms with van der Waals surface area (Å²) in [7, 11) is 0. The third kappa shape index (κ3) is 4.61. The summed E-state index contributed by atoms with van der Waals surface area (Å²) in [6.45, 7) is 0. The molecular formula is C48H31NO. The zero-order chi connectivity index (χ0) is 33.0. The lowest BCUT2D eigenvalue weighted by Crippen LogP contribution is -2.00. The molecule has 0 unspecified atom stereocenters. The Morgan fingerprint density at radius 1 is 0.440 bits per heavy atom. The molecule has 2 nitrogen and oxygen atoms in total. The fourth-order valence-corrected chi connectivity index (χ4v) is 7.77. The van der Waals surface area contributed by atoms with E-state index in [1.807, 2.05) is 6.07 Å². The van der Waals surface area contributed by atoms with Gasteiger partial charge in [-0.15, -0.1) is 0 Å². The van der Waals surface area contributed by atoms with Crippen LogP contribution in [0.4, 0.5) is 0 Å². The highest BCUT2D eigenvalue weighted by molar-refractivity contribution is 6.28. The summed E-state index contributed by atoms with van der Waals surface area (Å²) in [5.74, 6) is 0. The number of hydrogen-bond acceptors (Lipinski definition) is 2. The molecule has 1 aliphatic rings. The summed E-state index contributed by atoms with van der Waals surface area (Å²) < 4.78 is 6.80. The monoisotopic (exact) mass is 637 g/mol. The second kappa shape index (κ2) is 11.6. The Kier molecular flexibility index (Phi) is 6.60. The highest BCUT2D eigenvalue weighted by atomic mass is 16.3. The number of hydrogen-bond donors (Lipinski definition) is 0. The van der Waals surface area contributed by atoms with Crippen LogP contribution >= 0.6 is 0 Å². The van der Waals surface area contributed by atoms with Gasteiger partial charge in [-0.05, 0) is 85.3 Å². The molecule has 0 radical (unpaired) electrons. The van der Waals surface area contributed by atoms with E-state index in [-0.39, 0.29) is 0 Å². The van der Waals surface area contributed by atoms with Gasteiger partial charge in [-0.3, -0.25) is 0 Å². The minimum atomic E-state index is 0.786. The van der Waals surface area contributed by atoms with Crippen molar-refractivity contribution >= 4 is 71.2 Å². The second-order valence-corrected chi connectivity index (χ2v) is 13.0. The van der Waals surface area contributed by atoms with Crippen LogP contribution in [0.1, 0.15) is 23.1 Å². The fourth-order valence-electron chi connectivity index (χ4n) is 7.77. The number of fused-ring (bicyclic) bond motifs is 9. The van der Waals surface area contributed by atoms with Gasteiger partial charge in [0.2, 0.25) is 0 Å². The molecule has 0 N–H and O–H groups in total. The standard InChI is InChI=1S/C48H31NO/c1-3-13-31(14-4-1)33-24-28-44(32-15-5-2-6-16-32)49-45(30-33)41-27-26-35(48-47(41)42-21-11-12-22-46(42)50-48)34-23-25-40-38-19-8-7-17-36(38)37-18-9-10-20-39(37)43(40)29-34/h1-23,25-30H,24H2. The summed E-state index contributed by atoms with van der Waals surface area (Å²) in [5.41, 5.74) is 10.4. The quantitative estimate of drug-likeness (QED) is 0.176. The van der Waals surface area contributed by atoms with Gasteiger partial charge in [0.15, 0.2) is 0 Å². The molecular weight excluding hydrogens is 607 g/mol. The maximum Gasteiger partial charge on any atom is 0.143 e. The van der Waals surface area contributed by atoms with Crippen LogP contribution in [0.25, 0.3) is 76.7 Å². The smallest absolute Gasteiger partial charge is 0.143 e. The molecule has 0 atom stereocenters. The minimum Gasteiger partial charge on any atom is -0.455 e. The Labute approximate surface area is 290 Å². The average molecular weight is 638 g/mol. The molecule has 1 aliphatic heterocycles. The lowest BCUT2D eigenvalue weighted by Gasteiger charge is -2.13. The predicted octanol–water partition coefficient (Wildman–Crippen LogP) is 13.0. The van der Waals surface area contributed by atoms with E-state index in [1.54, 1.807) is 0 Å². The first-order valence-corrected chi connectivity index (χ1v) is 17.2. The molecule has 234 valence electrons. The van der Waals surface area contributed by atoms with Crippen LogP contribution in [0, 0.1) is 0 Å².